The Balaban J connectivity index is 2.11. The first-order chi connectivity index (χ1) is 8.48. The van der Waals surface area contributed by atoms with E-state index in [1.54, 1.807) is 0 Å². The van der Waals surface area contributed by atoms with Crippen molar-refractivity contribution in [2.75, 3.05) is 5.32 Å². The van der Waals surface area contributed by atoms with Crippen LogP contribution in [-0.2, 0) is 12.8 Å². The molecule has 2 unspecified atom stereocenters. The molecule has 0 spiro atoms. The third kappa shape index (κ3) is 2.19. The average Bonchev–Trinajstić information content (AvgIpc) is 2.38. The Morgan fingerprint density at radius 1 is 1.22 bits per heavy atom. The maximum absolute atomic E-state index is 6.01. The van der Waals surface area contributed by atoms with E-state index in [0.29, 0.717) is 12.0 Å². The van der Waals surface area contributed by atoms with Crippen LogP contribution in [0.15, 0.2) is 0 Å². The fourth-order valence-electron chi connectivity index (χ4n) is 2.36. The maximum atomic E-state index is 6.01. The zero-order valence-electron chi connectivity index (χ0n) is 11.7. The third-order valence-electron chi connectivity index (χ3n) is 4.16. The quantitative estimate of drug-likeness (QED) is 0.846. The van der Waals surface area contributed by atoms with E-state index in [0.717, 1.165) is 30.7 Å². The Morgan fingerprint density at radius 3 is 2.39 bits per heavy atom. The van der Waals surface area contributed by atoms with E-state index in [2.05, 4.69) is 48.2 Å². The summed E-state index contributed by atoms with van der Waals surface area (Å²) in [5.41, 5.74) is 8.13. The summed E-state index contributed by atoms with van der Waals surface area (Å²) in [7, 11) is 0. The van der Waals surface area contributed by atoms with Gasteiger partial charge in [-0.15, -0.1) is 5.10 Å². The van der Waals surface area contributed by atoms with Crippen LogP contribution >= 0.6 is 0 Å². The zero-order chi connectivity index (χ0) is 13.3. The van der Waals surface area contributed by atoms with Crippen molar-refractivity contribution in [1.29, 1.82) is 0 Å². The molecule has 100 valence electrons. The Morgan fingerprint density at radius 2 is 1.89 bits per heavy atom. The van der Waals surface area contributed by atoms with Crippen molar-refractivity contribution in [1.82, 2.24) is 15.2 Å². The first kappa shape index (κ1) is 13.2. The molecular formula is C13H23N5. The topological polar surface area (TPSA) is 76.7 Å². The molecule has 2 rings (SSSR count). The van der Waals surface area contributed by atoms with Gasteiger partial charge in [-0.1, -0.05) is 27.7 Å². The van der Waals surface area contributed by atoms with E-state index < -0.39 is 0 Å². The molecule has 5 heteroatoms. The molecule has 0 saturated heterocycles. The average molecular weight is 249 g/mol. The van der Waals surface area contributed by atoms with Crippen LogP contribution in [0.1, 0.15) is 45.5 Å². The lowest BCUT2D eigenvalue weighted by atomic mass is 9.63. The SMILES string of the molecule is CCc1nnc(NC2CC(N)C2(C)C)nc1CC. The molecule has 2 atom stereocenters. The summed E-state index contributed by atoms with van der Waals surface area (Å²) < 4.78 is 0. The number of hydrogen-bond donors (Lipinski definition) is 2. The molecule has 1 aliphatic carbocycles. The highest BCUT2D eigenvalue weighted by molar-refractivity contribution is 5.31. The van der Waals surface area contributed by atoms with Gasteiger partial charge in [-0.25, -0.2) is 4.98 Å². The molecule has 18 heavy (non-hydrogen) atoms. The fourth-order valence-corrected chi connectivity index (χ4v) is 2.36. The third-order valence-corrected chi connectivity index (χ3v) is 4.16. The van der Waals surface area contributed by atoms with Crippen LogP contribution in [0.3, 0.4) is 0 Å². The van der Waals surface area contributed by atoms with Gasteiger partial charge in [0.15, 0.2) is 0 Å². The molecule has 1 fully saturated rings. The van der Waals surface area contributed by atoms with Crippen LogP contribution in [0.5, 0.6) is 0 Å². The molecule has 0 aromatic carbocycles. The van der Waals surface area contributed by atoms with E-state index in [-0.39, 0.29) is 11.5 Å². The molecular weight excluding hydrogens is 226 g/mol. The van der Waals surface area contributed by atoms with Gasteiger partial charge in [0, 0.05) is 17.5 Å². The monoisotopic (exact) mass is 249 g/mol. The van der Waals surface area contributed by atoms with Gasteiger partial charge in [0.1, 0.15) is 0 Å². The summed E-state index contributed by atoms with van der Waals surface area (Å²) in [5.74, 6) is 0.633. The second-order valence-corrected chi connectivity index (χ2v) is 5.60. The van der Waals surface area contributed by atoms with Gasteiger partial charge < -0.3 is 11.1 Å². The van der Waals surface area contributed by atoms with Gasteiger partial charge in [-0.3, -0.25) is 0 Å². The lowest BCUT2D eigenvalue weighted by molar-refractivity contribution is 0.116. The molecule has 1 saturated carbocycles. The van der Waals surface area contributed by atoms with E-state index in [9.17, 15) is 0 Å². The van der Waals surface area contributed by atoms with Gasteiger partial charge in [0.05, 0.1) is 11.4 Å². The predicted octanol–water partition coefficient (Wildman–Crippen LogP) is 1.53. The second kappa shape index (κ2) is 4.80. The van der Waals surface area contributed by atoms with Gasteiger partial charge in [0.2, 0.25) is 5.95 Å². The van der Waals surface area contributed by atoms with Gasteiger partial charge in [-0.2, -0.15) is 5.10 Å². The van der Waals surface area contributed by atoms with Crippen molar-refractivity contribution in [2.24, 2.45) is 11.1 Å². The summed E-state index contributed by atoms with van der Waals surface area (Å²) in [6.07, 6.45) is 2.73. The van der Waals surface area contributed by atoms with Crippen LogP contribution in [0.4, 0.5) is 5.95 Å². The van der Waals surface area contributed by atoms with Gasteiger partial charge in [-0.05, 0) is 19.3 Å². The Hall–Kier alpha value is -1.23. The number of aryl methyl sites for hydroxylation is 2. The number of hydrogen-bond acceptors (Lipinski definition) is 5. The number of rotatable bonds is 4. The van der Waals surface area contributed by atoms with Crippen molar-refractivity contribution < 1.29 is 0 Å². The largest absolute Gasteiger partial charge is 0.350 e. The Labute approximate surface area is 109 Å². The van der Waals surface area contributed by atoms with Crippen LogP contribution in [0.2, 0.25) is 0 Å². The zero-order valence-corrected chi connectivity index (χ0v) is 11.7. The van der Waals surface area contributed by atoms with Crippen molar-refractivity contribution in [2.45, 2.75) is 59.0 Å². The van der Waals surface area contributed by atoms with E-state index in [1.165, 1.54) is 0 Å². The molecule has 0 amide bonds. The minimum atomic E-state index is 0.0964. The summed E-state index contributed by atoms with van der Waals surface area (Å²) >= 11 is 0. The van der Waals surface area contributed by atoms with Crippen molar-refractivity contribution in [3.05, 3.63) is 11.4 Å². The molecule has 3 N–H and O–H groups in total. The first-order valence-electron chi connectivity index (χ1n) is 6.73. The summed E-state index contributed by atoms with van der Waals surface area (Å²) in [5, 5.41) is 11.8. The molecule has 0 bridgehead atoms. The molecule has 1 aliphatic rings. The van der Waals surface area contributed by atoms with Crippen LogP contribution < -0.4 is 11.1 Å². The van der Waals surface area contributed by atoms with Crippen LogP contribution in [0.25, 0.3) is 0 Å². The normalized spacial score (nSPS) is 25.6. The number of aromatic nitrogens is 3. The fraction of sp³-hybridized carbons (Fsp3) is 0.769. The smallest absolute Gasteiger partial charge is 0.243 e. The number of nitrogens with zero attached hydrogens (tertiary/aromatic N) is 3. The van der Waals surface area contributed by atoms with Crippen molar-refractivity contribution >= 4 is 5.95 Å². The second-order valence-electron chi connectivity index (χ2n) is 5.60. The van der Waals surface area contributed by atoms with Gasteiger partial charge in [0.25, 0.3) is 0 Å². The molecule has 1 aromatic rings. The van der Waals surface area contributed by atoms with E-state index in [4.69, 9.17) is 5.73 Å². The van der Waals surface area contributed by atoms with Gasteiger partial charge >= 0.3 is 0 Å². The molecule has 5 nitrogen and oxygen atoms in total. The number of anilines is 1. The summed E-state index contributed by atoms with van der Waals surface area (Å²) in [6, 6.07) is 0.593. The van der Waals surface area contributed by atoms with E-state index >= 15 is 0 Å². The number of nitrogens with one attached hydrogen (secondary N) is 1. The standard InChI is InChI=1S/C13H23N5/c1-5-8-9(6-2)17-18-12(15-8)16-11-7-10(14)13(11,3)4/h10-11H,5-7,14H2,1-4H3,(H,15,16,18). The summed E-state index contributed by atoms with van der Waals surface area (Å²) in [6.45, 7) is 8.52. The highest BCUT2D eigenvalue weighted by atomic mass is 15.3. The van der Waals surface area contributed by atoms with Crippen molar-refractivity contribution in [3.8, 4) is 0 Å². The minimum Gasteiger partial charge on any atom is -0.350 e. The van der Waals surface area contributed by atoms with E-state index in [1.807, 2.05) is 0 Å². The molecule has 1 heterocycles. The van der Waals surface area contributed by atoms with Crippen LogP contribution in [0, 0.1) is 5.41 Å². The lowest BCUT2D eigenvalue weighted by Crippen LogP contribution is -2.61. The predicted molar refractivity (Wildman–Crippen MR) is 72.4 cm³/mol. The Bertz CT molecular complexity index is 429. The molecule has 1 aromatic heterocycles. The van der Waals surface area contributed by atoms with Crippen molar-refractivity contribution in [3.63, 3.8) is 0 Å². The van der Waals surface area contributed by atoms with Crippen LogP contribution in [-0.4, -0.2) is 27.3 Å². The Kier molecular flexibility index (Phi) is 3.52. The highest BCUT2D eigenvalue weighted by Crippen LogP contribution is 2.40. The molecule has 0 radical (unpaired) electrons. The maximum Gasteiger partial charge on any atom is 0.243 e. The highest BCUT2D eigenvalue weighted by Gasteiger charge is 2.46. The first-order valence-corrected chi connectivity index (χ1v) is 6.73. The minimum absolute atomic E-state index is 0.0964. The number of nitrogens with two attached hydrogens (primary N) is 1. The lowest BCUT2D eigenvalue weighted by Gasteiger charge is -2.50. The summed E-state index contributed by atoms with van der Waals surface area (Å²) in [4.78, 5) is 4.55. The molecule has 0 aliphatic heterocycles.